The Balaban J connectivity index is 1.61. The van der Waals surface area contributed by atoms with Crippen molar-refractivity contribution in [2.45, 2.75) is 55.8 Å². The first-order valence-corrected chi connectivity index (χ1v) is 16.3. The first-order chi connectivity index (χ1) is 35.1. The highest BCUT2D eigenvalue weighted by molar-refractivity contribution is 7.98. The number of para-hydroxylation sites is 1. The zero-order chi connectivity index (χ0) is 58.6. The summed E-state index contributed by atoms with van der Waals surface area (Å²) < 4.78 is 280. The van der Waals surface area contributed by atoms with Gasteiger partial charge in [-0.05, 0) is 66.2 Å². The first kappa shape index (κ1) is 18.2. The summed E-state index contributed by atoms with van der Waals surface area (Å²) in [6.07, 6.45) is -6.55. The van der Waals surface area contributed by atoms with E-state index in [1.54, 1.807) is 0 Å². The number of piperidine rings is 1. The lowest BCUT2D eigenvalue weighted by Crippen LogP contribution is -2.48. The largest absolute Gasteiger partial charge is 0.416 e. The molecule has 4 aromatic carbocycles. The van der Waals surface area contributed by atoms with Gasteiger partial charge in [-0.15, -0.1) is 11.8 Å². The number of halogens is 5. The van der Waals surface area contributed by atoms with Crippen LogP contribution in [0.5, 0.6) is 0 Å². The number of likely N-dealkylation sites (tertiary alicyclic amines) is 1. The van der Waals surface area contributed by atoms with E-state index in [2.05, 4.69) is 4.74 Å². The number of amides is 1. The molecule has 1 fully saturated rings. The standard InChI is InChI=1S/C41H40F5N3O3S/c1-27-22-30(14-15-34(27)41(44,45)46)29-12-10-28(11-13-29)24-48(32-16-18-47(19-17-32)20-21-52-2)38(51)25-49-36-9-4-3-7-33(36)37(50)23-39(49)53-26-31-6-5-8-35(42)40(31)43/h3-15,22-23,32H,16-21,24-26H2,1-2H3/i2D3,3D,4D,5D,6D,7D,8D,9D,10D,11D,12D,13D,14D,15D,20D2,21D2,22D,23D,24D2. The summed E-state index contributed by atoms with van der Waals surface area (Å²) in [5.41, 5.74) is -9.22. The van der Waals surface area contributed by atoms with Crippen molar-refractivity contribution in [2.24, 2.45) is 0 Å². The number of thioether (sulfide) groups is 1. The Labute approximate surface area is 342 Å². The zero-order valence-corrected chi connectivity index (χ0v) is 28.0. The van der Waals surface area contributed by atoms with E-state index in [1.165, 1.54) is 0 Å². The SMILES string of the molecule is [2H]c1c([2H])c(F)c(F)c(CSc2c([2H])c(=O)c3c([2H])c([2H])c([2H])c([2H])c3n2CC(=O)N(C2CCN(C([2H])([2H])C([2H])([2H])OC([2H])([2H])[2H])CC2)C([2H])([2H])c2c([2H])c([2H])c(-c3c([2H])c([2H])c(C(F)(F)F)c(C)c3[2H])c([2H])c2[2H])c1[2H]. The number of aromatic nitrogens is 1. The zero-order valence-electron chi connectivity index (χ0n) is 51.2. The third-order valence-corrected chi connectivity index (χ3v) is 8.89. The molecule has 5 aromatic rings. The fourth-order valence-corrected chi connectivity index (χ4v) is 6.28. The molecule has 53 heavy (non-hydrogen) atoms. The summed E-state index contributed by atoms with van der Waals surface area (Å²) in [5, 5.41) is -1.73. The summed E-state index contributed by atoms with van der Waals surface area (Å²) >= 11 is 0.184. The van der Waals surface area contributed by atoms with Crippen molar-refractivity contribution in [1.82, 2.24) is 14.4 Å². The van der Waals surface area contributed by atoms with Crippen LogP contribution in [0.4, 0.5) is 22.0 Å². The molecular weight excluding hydrogens is 710 g/mol. The molecule has 12 heteroatoms. The molecule has 0 N–H and O–H groups in total. The van der Waals surface area contributed by atoms with E-state index in [-0.39, 0.29) is 16.7 Å². The number of methoxy groups -OCH3 is 1. The number of fused-ring (bicyclic) bond motifs is 1. The van der Waals surface area contributed by atoms with Gasteiger partial charge in [0.15, 0.2) is 17.1 Å². The fraction of sp³-hybridized carbons (Fsp3) is 0.317. The van der Waals surface area contributed by atoms with Crippen LogP contribution in [0.25, 0.3) is 22.0 Å². The number of rotatable bonds is 12. The second-order valence-corrected chi connectivity index (χ2v) is 12.2. The Morgan fingerprint density at radius 3 is 2.47 bits per heavy atom. The third-order valence-electron chi connectivity index (χ3n) is 7.86. The predicted octanol–water partition coefficient (Wildman–Crippen LogP) is 8.71. The number of hydrogen-bond donors (Lipinski definition) is 0. The van der Waals surface area contributed by atoms with E-state index in [9.17, 15) is 25.1 Å². The van der Waals surface area contributed by atoms with Gasteiger partial charge in [0.05, 0.1) is 52.8 Å². The second-order valence-electron chi connectivity index (χ2n) is 11.2. The topological polar surface area (TPSA) is 54.8 Å². The average Bonchev–Trinajstić information content (AvgIpc) is 3.31. The molecule has 0 atom stereocenters. The number of alkyl halides is 3. The van der Waals surface area contributed by atoms with Crippen molar-refractivity contribution in [2.75, 3.05) is 33.2 Å². The van der Waals surface area contributed by atoms with E-state index in [0.717, 1.165) is 11.8 Å². The van der Waals surface area contributed by atoms with Crippen LogP contribution in [0.2, 0.25) is 0 Å². The van der Waals surface area contributed by atoms with Gasteiger partial charge in [-0.2, -0.15) is 13.2 Å². The van der Waals surface area contributed by atoms with Crippen molar-refractivity contribution in [1.29, 1.82) is 0 Å². The van der Waals surface area contributed by atoms with Gasteiger partial charge in [0.2, 0.25) is 5.91 Å². The molecule has 0 aliphatic carbocycles. The molecule has 6 nitrogen and oxygen atoms in total. The number of hydrogen-bond acceptors (Lipinski definition) is 5. The molecule has 0 spiro atoms. The van der Waals surface area contributed by atoms with Crippen LogP contribution in [0.1, 0.15) is 68.0 Å². The molecule has 1 amide bonds. The highest BCUT2D eigenvalue weighted by Crippen LogP contribution is 2.34. The highest BCUT2D eigenvalue weighted by Gasteiger charge is 2.32. The monoisotopic (exact) mass is 773 g/mol. The molecule has 1 saturated heterocycles. The normalized spacial score (nSPS) is 21.7. The molecule has 1 aromatic heterocycles. The number of pyridine rings is 1. The maximum absolute atomic E-state index is 15.4. The van der Waals surface area contributed by atoms with E-state index in [4.69, 9.17) is 30.2 Å². The van der Waals surface area contributed by atoms with Crippen LogP contribution < -0.4 is 5.43 Å². The predicted molar refractivity (Wildman–Crippen MR) is 198 cm³/mol. The molecule has 0 unspecified atom stereocenters. The fourth-order valence-electron chi connectivity index (χ4n) is 5.32. The summed E-state index contributed by atoms with van der Waals surface area (Å²) in [6, 6.07) is -19.8. The van der Waals surface area contributed by atoms with Crippen molar-refractivity contribution in [3.8, 4) is 11.1 Å². The van der Waals surface area contributed by atoms with Crippen molar-refractivity contribution >= 4 is 28.6 Å². The molecule has 0 radical (unpaired) electrons. The Bertz CT molecular complexity index is 3260. The minimum absolute atomic E-state index is 0.184. The van der Waals surface area contributed by atoms with Gasteiger partial charge in [-0.25, -0.2) is 8.78 Å². The Hall–Kier alpha value is -4.52. The van der Waals surface area contributed by atoms with E-state index < -0.39 is 240 Å². The average molecular weight is 774 g/mol. The van der Waals surface area contributed by atoms with Crippen LogP contribution in [-0.2, 0) is 34.5 Å². The van der Waals surface area contributed by atoms with Gasteiger partial charge in [-0.1, -0.05) is 60.4 Å². The molecule has 0 bridgehead atoms. The molecule has 278 valence electrons. The molecule has 6 rings (SSSR count). The summed E-state index contributed by atoms with van der Waals surface area (Å²) in [6.45, 7) is -12.7. The molecule has 1 aliphatic heterocycles. The summed E-state index contributed by atoms with van der Waals surface area (Å²) in [4.78, 5) is 30.3. The molecule has 1 aliphatic rings. The van der Waals surface area contributed by atoms with Crippen LogP contribution in [0.3, 0.4) is 0 Å². The van der Waals surface area contributed by atoms with Crippen LogP contribution >= 0.6 is 11.8 Å². The number of benzene rings is 4. The Morgan fingerprint density at radius 1 is 1.00 bits per heavy atom. The molecule has 2 heterocycles. The van der Waals surface area contributed by atoms with Crippen LogP contribution in [-0.4, -0.2) is 59.5 Å². The van der Waals surface area contributed by atoms with Crippen LogP contribution in [0.15, 0.2) is 100 Å². The minimum Gasteiger partial charge on any atom is -0.383 e. The van der Waals surface area contributed by atoms with E-state index >= 15 is 9.18 Å². The number of ether oxygens (including phenoxy) is 1. The maximum atomic E-state index is 15.4. The minimum atomic E-state index is -5.28. The summed E-state index contributed by atoms with van der Waals surface area (Å²) in [7, 11) is -3.48. The smallest absolute Gasteiger partial charge is 0.383 e. The third kappa shape index (κ3) is 9.00. The number of nitrogens with zero attached hydrogens (tertiary/aromatic N) is 3. The van der Waals surface area contributed by atoms with E-state index in [0.29, 0.717) is 4.57 Å². The van der Waals surface area contributed by atoms with Gasteiger partial charge in [-0.3, -0.25) is 9.59 Å². The molecule has 0 saturated carbocycles. The van der Waals surface area contributed by atoms with Crippen LogP contribution in [0, 0.1) is 18.6 Å². The lowest BCUT2D eigenvalue weighted by molar-refractivity contribution is -0.138. The van der Waals surface area contributed by atoms with Crippen molar-refractivity contribution in [3.63, 3.8) is 0 Å². The van der Waals surface area contributed by atoms with Gasteiger partial charge in [0.25, 0.3) is 0 Å². The van der Waals surface area contributed by atoms with Crippen molar-refractivity contribution < 1.29 is 64.4 Å². The van der Waals surface area contributed by atoms with Gasteiger partial charge in [0, 0.05) is 64.6 Å². The van der Waals surface area contributed by atoms with Gasteiger partial charge >= 0.3 is 6.18 Å². The first-order valence-electron chi connectivity index (χ1n) is 27.4. The Morgan fingerprint density at radius 2 is 1.74 bits per heavy atom. The lowest BCUT2D eigenvalue weighted by Gasteiger charge is -2.39. The van der Waals surface area contributed by atoms with Gasteiger partial charge in [0.1, 0.15) is 6.54 Å². The Kier molecular flexibility index (Phi) is 5.72. The highest BCUT2D eigenvalue weighted by atomic mass is 32.2. The number of carbonyl (C=O) groups is 1. The van der Waals surface area contributed by atoms with Crippen molar-refractivity contribution in [3.05, 3.63) is 135 Å². The number of carbonyl (C=O) groups excluding carboxylic acids is 1. The van der Waals surface area contributed by atoms with E-state index in [1.807, 2.05) is 0 Å². The second kappa shape index (κ2) is 16.7. The quantitative estimate of drug-likeness (QED) is 0.0939. The summed E-state index contributed by atoms with van der Waals surface area (Å²) in [5.74, 6) is -6.25. The maximum Gasteiger partial charge on any atom is 0.416 e. The lowest BCUT2D eigenvalue weighted by atomic mass is 9.98. The van der Waals surface area contributed by atoms with Gasteiger partial charge < -0.3 is 19.1 Å². The molecular formula is C41H40F5N3O3S.